The van der Waals surface area contributed by atoms with Crippen LogP contribution in [-0.2, 0) is 16.0 Å². The number of aromatic amines is 2. The van der Waals surface area contributed by atoms with Crippen LogP contribution in [0.2, 0.25) is 0 Å². The van der Waals surface area contributed by atoms with Crippen LogP contribution in [0.1, 0.15) is 43.1 Å². The van der Waals surface area contributed by atoms with Crippen LogP contribution in [0.25, 0.3) is 11.3 Å². The van der Waals surface area contributed by atoms with E-state index in [1.165, 1.54) is 18.3 Å². The van der Waals surface area contributed by atoms with E-state index in [4.69, 9.17) is 0 Å². The molecule has 0 aliphatic rings. The molecule has 1 aromatic carbocycles. The summed E-state index contributed by atoms with van der Waals surface area (Å²) >= 11 is 1.31. The average Bonchev–Trinajstić information content (AvgIpc) is 3.15. The predicted octanol–water partition coefficient (Wildman–Crippen LogP) is 2.26. The van der Waals surface area contributed by atoms with E-state index in [-0.39, 0.29) is 30.7 Å². The Morgan fingerprint density at radius 2 is 1.87 bits per heavy atom. The molecule has 0 radical (unpaired) electrons. The maximum atomic E-state index is 12.3. The summed E-state index contributed by atoms with van der Waals surface area (Å²) in [6, 6.07) is 7.60. The Kier molecular flexibility index (Phi) is 6.81. The Bertz CT molecular complexity index is 1210. The quantitative estimate of drug-likeness (QED) is 0.446. The highest BCUT2D eigenvalue weighted by Gasteiger charge is 2.12. The smallest absolute Gasteiger partial charge is 0.325 e. The van der Waals surface area contributed by atoms with Gasteiger partial charge < -0.3 is 15.6 Å². The van der Waals surface area contributed by atoms with Crippen molar-refractivity contribution in [1.29, 1.82) is 0 Å². The normalized spacial score (nSPS) is 11.7. The monoisotopic (exact) mass is 441 g/mol. The van der Waals surface area contributed by atoms with E-state index in [9.17, 15) is 19.2 Å². The molecule has 2 aromatic heterocycles. The number of aromatic nitrogens is 3. The van der Waals surface area contributed by atoms with Gasteiger partial charge in [0.05, 0.1) is 11.7 Å². The minimum absolute atomic E-state index is 0.0839. The number of carbonyl (C=O) groups is 2. The number of benzene rings is 1. The summed E-state index contributed by atoms with van der Waals surface area (Å²) in [5.41, 5.74) is 2.39. The highest BCUT2D eigenvalue weighted by atomic mass is 32.1. The van der Waals surface area contributed by atoms with Gasteiger partial charge in [-0.25, -0.2) is 9.78 Å². The van der Waals surface area contributed by atoms with Gasteiger partial charge in [-0.3, -0.25) is 19.4 Å². The van der Waals surface area contributed by atoms with Crippen LogP contribution in [0.4, 0.5) is 5.13 Å². The third-order valence-corrected chi connectivity index (χ3v) is 5.49. The van der Waals surface area contributed by atoms with E-state index >= 15 is 0 Å². The van der Waals surface area contributed by atoms with Crippen LogP contribution in [0.15, 0.2) is 39.2 Å². The van der Waals surface area contributed by atoms with Crippen LogP contribution >= 0.6 is 11.3 Å². The topological polar surface area (TPSA) is 137 Å². The summed E-state index contributed by atoms with van der Waals surface area (Å²) in [7, 11) is 0. The summed E-state index contributed by atoms with van der Waals surface area (Å²) in [6.07, 6.45) is 0.288. The van der Waals surface area contributed by atoms with Crippen molar-refractivity contribution in [3.05, 3.63) is 67.3 Å². The summed E-state index contributed by atoms with van der Waals surface area (Å²) in [6.45, 7) is 5.02. The van der Waals surface area contributed by atoms with Crippen molar-refractivity contribution < 1.29 is 9.59 Å². The van der Waals surface area contributed by atoms with Gasteiger partial charge in [-0.05, 0) is 25.8 Å². The molecule has 3 rings (SSSR count). The molecule has 9 nitrogen and oxygen atoms in total. The van der Waals surface area contributed by atoms with Crippen molar-refractivity contribution in [2.45, 2.75) is 39.7 Å². The van der Waals surface area contributed by atoms with Gasteiger partial charge in [0.15, 0.2) is 5.13 Å². The summed E-state index contributed by atoms with van der Waals surface area (Å²) in [5.74, 6) is -0.359. The molecule has 162 valence electrons. The lowest BCUT2D eigenvalue weighted by molar-refractivity contribution is -0.119. The van der Waals surface area contributed by atoms with Crippen LogP contribution < -0.4 is 21.9 Å². The summed E-state index contributed by atoms with van der Waals surface area (Å²) < 4.78 is 0. The van der Waals surface area contributed by atoms with E-state index in [1.807, 2.05) is 36.6 Å². The molecule has 0 aliphatic heterocycles. The molecule has 10 heteroatoms. The van der Waals surface area contributed by atoms with Gasteiger partial charge in [-0.1, -0.05) is 24.3 Å². The molecular weight excluding hydrogens is 418 g/mol. The van der Waals surface area contributed by atoms with E-state index in [0.29, 0.717) is 16.4 Å². The predicted molar refractivity (Wildman–Crippen MR) is 119 cm³/mol. The second kappa shape index (κ2) is 9.52. The Labute approximate surface area is 182 Å². The third kappa shape index (κ3) is 5.76. The molecular formula is C21H23N5O4S. The van der Waals surface area contributed by atoms with E-state index in [2.05, 4.69) is 25.6 Å². The molecule has 1 atom stereocenters. The molecule has 2 amide bonds. The van der Waals surface area contributed by atoms with Crippen LogP contribution in [0, 0.1) is 6.92 Å². The minimum atomic E-state index is -0.566. The number of rotatable bonds is 7. The molecule has 0 saturated heterocycles. The number of anilines is 1. The van der Waals surface area contributed by atoms with Crippen molar-refractivity contribution in [3.63, 3.8) is 0 Å². The number of H-pyrrole nitrogens is 2. The van der Waals surface area contributed by atoms with Crippen molar-refractivity contribution in [3.8, 4) is 11.3 Å². The Morgan fingerprint density at radius 3 is 2.52 bits per heavy atom. The first kappa shape index (κ1) is 22.2. The fourth-order valence-electron chi connectivity index (χ4n) is 3.14. The lowest BCUT2D eigenvalue weighted by atomic mass is 10.1. The van der Waals surface area contributed by atoms with E-state index < -0.39 is 11.2 Å². The maximum absolute atomic E-state index is 12.3. The van der Waals surface area contributed by atoms with Crippen molar-refractivity contribution in [2.24, 2.45) is 0 Å². The van der Waals surface area contributed by atoms with Gasteiger partial charge in [-0.2, -0.15) is 0 Å². The lowest BCUT2D eigenvalue weighted by Crippen LogP contribution is -2.27. The highest BCUT2D eigenvalue weighted by Crippen LogP contribution is 2.26. The molecule has 0 spiro atoms. The second-order valence-corrected chi connectivity index (χ2v) is 8.00. The molecule has 3 aromatic rings. The first-order chi connectivity index (χ1) is 14.7. The number of nitrogens with one attached hydrogen (secondary N) is 4. The number of carbonyl (C=O) groups excluding carboxylic acids is 2. The van der Waals surface area contributed by atoms with Crippen molar-refractivity contribution in [1.82, 2.24) is 20.3 Å². The molecule has 31 heavy (non-hydrogen) atoms. The number of hydrogen-bond acceptors (Lipinski definition) is 6. The van der Waals surface area contributed by atoms with Crippen LogP contribution in [-0.4, -0.2) is 26.8 Å². The van der Waals surface area contributed by atoms with Gasteiger partial charge in [0.1, 0.15) is 0 Å². The van der Waals surface area contributed by atoms with Gasteiger partial charge in [-0.15, -0.1) is 11.3 Å². The largest absolute Gasteiger partial charge is 0.350 e. The SMILES string of the molecule is CC(=O)NC(C)c1ccc(-c2csc(NC(=O)CCc3c(C)[nH]c(=O)[nH]c3=O)n2)cc1. The third-order valence-electron chi connectivity index (χ3n) is 4.73. The number of nitrogens with zero attached hydrogens (tertiary/aromatic N) is 1. The van der Waals surface area contributed by atoms with Crippen molar-refractivity contribution >= 4 is 28.3 Å². The zero-order chi connectivity index (χ0) is 22.5. The van der Waals surface area contributed by atoms with Gasteiger partial charge in [0, 0.05) is 35.5 Å². The van der Waals surface area contributed by atoms with Gasteiger partial charge in [0.2, 0.25) is 11.8 Å². The number of aryl methyl sites for hydroxylation is 1. The molecule has 0 saturated carbocycles. The molecule has 0 aliphatic carbocycles. The van der Waals surface area contributed by atoms with Gasteiger partial charge >= 0.3 is 5.69 Å². The molecule has 0 fully saturated rings. The second-order valence-electron chi connectivity index (χ2n) is 7.14. The Morgan fingerprint density at radius 1 is 1.16 bits per heavy atom. The number of hydrogen-bond donors (Lipinski definition) is 4. The van der Waals surface area contributed by atoms with E-state index in [1.54, 1.807) is 6.92 Å². The van der Waals surface area contributed by atoms with Gasteiger partial charge in [0.25, 0.3) is 5.56 Å². The average molecular weight is 442 g/mol. The fourth-order valence-corrected chi connectivity index (χ4v) is 3.88. The molecule has 4 N–H and O–H groups in total. The summed E-state index contributed by atoms with van der Waals surface area (Å²) in [4.78, 5) is 55.7. The lowest BCUT2D eigenvalue weighted by Gasteiger charge is -2.13. The Balaban J connectivity index is 1.61. The first-order valence-corrected chi connectivity index (χ1v) is 10.6. The zero-order valence-electron chi connectivity index (χ0n) is 17.4. The van der Waals surface area contributed by atoms with Crippen LogP contribution in [0.5, 0.6) is 0 Å². The minimum Gasteiger partial charge on any atom is -0.350 e. The molecule has 2 heterocycles. The standard InChI is InChI=1S/C21H23N5O4S/c1-11(22-13(3)27)14-4-6-15(7-5-14)17-10-31-21(24-17)25-18(28)9-8-16-12(2)23-20(30)26-19(16)29/h4-7,10-11H,8-9H2,1-3H3,(H,22,27)(H,24,25,28)(H2,23,26,29,30). The fraction of sp³-hybridized carbons (Fsp3) is 0.286. The van der Waals surface area contributed by atoms with Crippen molar-refractivity contribution in [2.75, 3.05) is 5.32 Å². The Hall–Kier alpha value is -3.53. The van der Waals surface area contributed by atoms with E-state index in [0.717, 1.165) is 16.8 Å². The first-order valence-electron chi connectivity index (χ1n) is 9.68. The number of thiazole rings is 1. The highest BCUT2D eigenvalue weighted by molar-refractivity contribution is 7.14. The number of amides is 2. The summed E-state index contributed by atoms with van der Waals surface area (Å²) in [5, 5.41) is 7.89. The van der Waals surface area contributed by atoms with Crippen LogP contribution in [0.3, 0.4) is 0 Å². The maximum Gasteiger partial charge on any atom is 0.325 e. The zero-order valence-corrected chi connectivity index (χ0v) is 18.2. The molecule has 1 unspecified atom stereocenters. The molecule has 0 bridgehead atoms.